The van der Waals surface area contributed by atoms with E-state index in [0.717, 1.165) is 18.6 Å². The van der Waals surface area contributed by atoms with E-state index in [1.54, 1.807) is 13.2 Å². The summed E-state index contributed by atoms with van der Waals surface area (Å²) in [6.45, 7) is 0. The Morgan fingerprint density at radius 1 is 1.05 bits per heavy atom. The van der Waals surface area contributed by atoms with Crippen molar-refractivity contribution in [3.05, 3.63) is 59.2 Å². The third-order valence-electron chi connectivity index (χ3n) is 3.56. The molecule has 19 heavy (non-hydrogen) atoms. The predicted octanol–water partition coefficient (Wildman–Crippen LogP) is 3.89. The largest absolute Gasteiger partial charge is 0.508 e. The maximum atomic E-state index is 9.50. The summed E-state index contributed by atoms with van der Waals surface area (Å²) in [5.74, 6) is 1.23. The van der Waals surface area contributed by atoms with Crippen molar-refractivity contribution in [3.8, 4) is 11.5 Å². The van der Waals surface area contributed by atoms with Crippen molar-refractivity contribution in [2.24, 2.45) is 0 Å². The van der Waals surface area contributed by atoms with Gasteiger partial charge in [-0.05, 0) is 59.4 Å². The Morgan fingerprint density at radius 2 is 1.95 bits per heavy atom. The second-order valence-corrected chi connectivity index (χ2v) is 4.78. The summed E-state index contributed by atoms with van der Waals surface area (Å²) in [6, 6.07) is 13.7. The van der Waals surface area contributed by atoms with Crippen LogP contribution in [0.1, 0.15) is 23.1 Å². The minimum absolute atomic E-state index is 0.344. The Hall–Kier alpha value is -2.22. The van der Waals surface area contributed by atoms with E-state index >= 15 is 0 Å². The van der Waals surface area contributed by atoms with Crippen molar-refractivity contribution in [2.75, 3.05) is 7.11 Å². The van der Waals surface area contributed by atoms with E-state index in [2.05, 4.69) is 18.2 Å². The number of aryl methyl sites for hydroxylation is 1. The first kappa shape index (κ1) is 11.8. The molecule has 1 aliphatic rings. The summed E-state index contributed by atoms with van der Waals surface area (Å²) in [4.78, 5) is 0. The van der Waals surface area contributed by atoms with Gasteiger partial charge in [0.15, 0.2) is 0 Å². The van der Waals surface area contributed by atoms with Gasteiger partial charge in [0.2, 0.25) is 0 Å². The van der Waals surface area contributed by atoms with Gasteiger partial charge in [-0.15, -0.1) is 0 Å². The van der Waals surface area contributed by atoms with Crippen LogP contribution in [0.3, 0.4) is 0 Å². The zero-order valence-electron chi connectivity index (χ0n) is 10.9. The molecular weight excluding hydrogens is 236 g/mol. The van der Waals surface area contributed by atoms with E-state index in [9.17, 15) is 5.11 Å². The van der Waals surface area contributed by atoms with Crippen LogP contribution in [0.25, 0.3) is 11.6 Å². The Balaban J connectivity index is 2.00. The molecule has 0 saturated carbocycles. The van der Waals surface area contributed by atoms with Gasteiger partial charge in [0.1, 0.15) is 11.5 Å². The number of methoxy groups -OCH3 is 1. The lowest BCUT2D eigenvalue weighted by molar-refractivity contribution is 0.414. The van der Waals surface area contributed by atoms with Gasteiger partial charge in [0.25, 0.3) is 0 Å². The normalized spacial score (nSPS) is 13.6. The van der Waals surface area contributed by atoms with Crippen molar-refractivity contribution in [3.63, 3.8) is 0 Å². The zero-order chi connectivity index (χ0) is 13.2. The number of rotatable bonds is 2. The van der Waals surface area contributed by atoms with E-state index < -0.39 is 0 Å². The van der Waals surface area contributed by atoms with Gasteiger partial charge in [-0.1, -0.05) is 24.3 Å². The SMILES string of the molecule is COc1cccc(C2=Cc3ccc(O)cc3CC2)c1. The molecule has 0 saturated heterocycles. The maximum Gasteiger partial charge on any atom is 0.119 e. The molecule has 0 radical (unpaired) electrons. The first-order valence-corrected chi connectivity index (χ1v) is 6.43. The summed E-state index contributed by atoms with van der Waals surface area (Å²) in [6.07, 6.45) is 4.16. The molecule has 0 aromatic heterocycles. The number of fused-ring (bicyclic) bond motifs is 1. The van der Waals surface area contributed by atoms with Crippen LogP contribution in [0, 0.1) is 0 Å². The Kier molecular flexibility index (Phi) is 3.00. The molecule has 0 spiro atoms. The summed E-state index contributed by atoms with van der Waals surface area (Å²) < 4.78 is 5.27. The number of hydrogen-bond acceptors (Lipinski definition) is 2. The first-order chi connectivity index (χ1) is 9.26. The lowest BCUT2D eigenvalue weighted by Crippen LogP contribution is -1.99. The highest BCUT2D eigenvalue weighted by atomic mass is 16.5. The monoisotopic (exact) mass is 252 g/mol. The van der Waals surface area contributed by atoms with Crippen molar-refractivity contribution in [2.45, 2.75) is 12.8 Å². The molecule has 2 heteroatoms. The third kappa shape index (κ3) is 2.34. The van der Waals surface area contributed by atoms with Gasteiger partial charge in [-0.3, -0.25) is 0 Å². The molecule has 96 valence electrons. The molecule has 0 bridgehead atoms. The van der Waals surface area contributed by atoms with Gasteiger partial charge >= 0.3 is 0 Å². The van der Waals surface area contributed by atoms with Crippen LogP contribution in [0.15, 0.2) is 42.5 Å². The van der Waals surface area contributed by atoms with Crippen LogP contribution < -0.4 is 4.74 Å². The van der Waals surface area contributed by atoms with E-state index in [-0.39, 0.29) is 0 Å². The minimum Gasteiger partial charge on any atom is -0.508 e. The molecular formula is C17H16O2. The fourth-order valence-electron chi connectivity index (χ4n) is 2.53. The second-order valence-electron chi connectivity index (χ2n) is 4.78. The van der Waals surface area contributed by atoms with Crippen LogP contribution in [0.5, 0.6) is 11.5 Å². The highest BCUT2D eigenvalue weighted by Crippen LogP contribution is 2.32. The molecule has 0 fully saturated rings. The number of ether oxygens (including phenoxy) is 1. The number of aromatic hydroxyl groups is 1. The number of benzene rings is 2. The molecule has 3 rings (SSSR count). The van der Waals surface area contributed by atoms with Gasteiger partial charge in [-0.2, -0.15) is 0 Å². The lowest BCUT2D eigenvalue weighted by Gasteiger charge is -2.17. The quantitative estimate of drug-likeness (QED) is 0.878. The molecule has 0 heterocycles. The minimum atomic E-state index is 0.344. The van der Waals surface area contributed by atoms with Crippen molar-refractivity contribution in [1.29, 1.82) is 0 Å². The molecule has 1 N–H and O–H groups in total. The maximum absolute atomic E-state index is 9.50. The Bertz CT molecular complexity index is 641. The van der Waals surface area contributed by atoms with E-state index in [0.29, 0.717) is 5.75 Å². The lowest BCUT2D eigenvalue weighted by atomic mass is 9.88. The van der Waals surface area contributed by atoms with Gasteiger partial charge in [0, 0.05) is 0 Å². The van der Waals surface area contributed by atoms with Crippen LogP contribution in [-0.4, -0.2) is 12.2 Å². The Morgan fingerprint density at radius 3 is 2.79 bits per heavy atom. The van der Waals surface area contributed by atoms with Crippen LogP contribution in [0.2, 0.25) is 0 Å². The number of hydrogen-bond donors (Lipinski definition) is 1. The van der Waals surface area contributed by atoms with E-state index in [1.165, 1.54) is 22.3 Å². The fraction of sp³-hybridized carbons (Fsp3) is 0.176. The average molecular weight is 252 g/mol. The predicted molar refractivity (Wildman–Crippen MR) is 77.3 cm³/mol. The van der Waals surface area contributed by atoms with Crippen LogP contribution in [0.4, 0.5) is 0 Å². The molecule has 0 atom stereocenters. The molecule has 0 amide bonds. The highest BCUT2D eigenvalue weighted by molar-refractivity contribution is 5.84. The van der Waals surface area contributed by atoms with Gasteiger partial charge in [-0.25, -0.2) is 0 Å². The first-order valence-electron chi connectivity index (χ1n) is 6.43. The van der Waals surface area contributed by atoms with Crippen molar-refractivity contribution >= 4 is 11.6 Å². The van der Waals surface area contributed by atoms with Crippen LogP contribution >= 0.6 is 0 Å². The fourth-order valence-corrected chi connectivity index (χ4v) is 2.53. The molecule has 0 aliphatic heterocycles. The Labute approximate surface area is 113 Å². The molecule has 2 aromatic rings. The summed E-state index contributed by atoms with van der Waals surface area (Å²) in [5, 5.41) is 9.50. The van der Waals surface area contributed by atoms with Crippen LogP contribution in [-0.2, 0) is 6.42 Å². The molecule has 1 aliphatic carbocycles. The van der Waals surface area contributed by atoms with E-state index in [1.807, 2.05) is 24.3 Å². The topological polar surface area (TPSA) is 29.5 Å². The standard InChI is InChI=1S/C17H16O2/c1-19-17-4-2-3-12(11-17)13-5-6-15-10-16(18)8-7-14(15)9-13/h2-4,7-11,18H,5-6H2,1H3. The van der Waals surface area contributed by atoms with Gasteiger partial charge in [0.05, 0.1) is 7.11 Å². The number of phenolic OH excluding ortho intramolecular Hbond substituents is 1. The summed E-state index contributed by atoms with van der Waals surface area (Å²) >= 11 is 0. The third-order valence-corrected chi connectivity index (χ3v) is 3.56. The highest BCUT2D eigenvalue weighted by Gasteiger charge is 2.12. The van der Waals surface area contributed by atoms with E-state index in [4.69, 9.17) is 4.74 Å². The molecule has 0 unspecified atom stereocenters. The molecule has 2 nitrogen and oxygen atoms in total. The summed E-state index contributed by atoms with van der Waals surface area (Å²) in [7, 11) is 1.69. The zero-order valence-corrected chi connectivity index (χ0v) is 10.9. The number of allylic oxidation sites excluding steroid dienone is 1. The van der Waals surface area contributed by atoms with Gasteiger partial charge < -0.3 is 9.84 Å². The average Bonchev–Trinajstić information content (AvgIpc) is 2.46. The van der Waals surface area contributed by atoms with Crippen molar-refractivity contribution < 1.29 is 9.84 Å². The van der Waals surface area contributed by atoms with Crippen molar-refractivity contribution in [1.82, 2.24) is 0 Å². The smallest absolute Gasteiger partial charge is 0.119 e. The molecule has 2 aromatic carbocycles. The second kappa shape index (κ2) is 4.81. The summed E-state index contributed by atoms with van der Waals surface area (Å²) in [5.41, 5.74) is 4.93. The number of phenols is 1.